The van der Waals surface area contributed by atoms with Crippen molar-refractivity contribution in [1.29, 1.82) is 0 Å². The molecule has 1 fully saturated rings. The number of likely N-dealkylation sites (N-methyl/N-ethyl adjacent to an activating group) is 1. The molecule has 0 heterocycles. The van der Waals surface area contributed by atoms with E-state index >= 15 is 0 Å². The monoisotopic (exact) mass is 213 g/mol. The summed E-state index contributed by atoms with van der Waals surface area (Å²) in [5.41, 5.74) is 3.01. The molecule has 0 aromatic carbocycles. The minimum atomic E-state index is 0.467. The largest absolute Gasteiger partial charge is 0.308 e. The van der Waals surface area contributed by atoms with E-state index in [1.807, 2.05) is 0 Å². The molecule has 3 heteroatoms. The average Bonchev–Trinajstić information content (AvgIpc) is 2.25. The fourth-order valence-electron chi connectivity index (χ4n) is 2.80. The van der Waals surface area contributed by atoms with E-state index in [4.69, 9.17) is 5.84 Å². The number of nitrogens with one attached hydrogen (secondary N) is 1. The normalized spacial score (nSPS) is 29.4. The SMILES string of the molecule is CCC1CCCC(C(CN(C)C)NN)C1. The highest BCUT2D eigenvalue weighted by Crippen LogP contribution is 2.32. The summed E-state index contributed by atoms with van der Waals surface area (Å²) in [7, 11) is 4.23. The summed E-state index contributed by atoms with van der Waals surface area (Å²) in [6.45, 7) is 3.36. The fraction of sp³-hybridized carbons (Fsp3) is 1.00. The Morgan fingerprint density at radius 3 is 2.67 bits per heavy atom. The van der Waals surface area contributed by atoms with Crippen LogP contribution in [0.5, 0.6) is 0 Å². The summed E-state index contributed by atoms with van der Waals surface area (Å²) < 4.78 is 0. The van der Waals surface area contributed by atoms with Crippen molar-refractivity contribution < 1.29 is 0 Å². The third kappa shape index (κ3) is 4.09. The van der Waals surface area contributed by atoms with Crippen molar-refractivity contribution in [1.82, 2.24) is 10.3 Å². The molecule has 0 saturated heterocycles. The first-order chi connectivity index (χ1) is 7.17. The number of rotatable bonds is 5. The van der Waals surface area contributed by atoms with Crippen LogP contribution in [-0.4, -0.2) is 31.6 Å². The van der Waals surface area contributed by atoms with Gasteiger partial charge in [0.15, 0.2) is 0 Å². The average molecular weight is 213 g/mol. The van der Waals surface area contributed by atoms with E-state index in [0.29, 0.717) is 6.04 Å². The van der Waals surface area contributed by atoms with Crippen molar-refractivity contribution >= 4 is 0 Å². The van der Waals surface area contributed by atoms with Gasteiger partial charge in [-0.3, -0.25) is 11.3 Å². The third-order valence-corrected chi connectivity index (χ3v) is 3.75. The summed E-state index contributed by atoms with van der Waals surface area (Å²) in [6.07, 6.45) is 6.84. The van der Waals surface area contributed by atoms with Crippen molar-refractivity contribution in [3.8, 4) is 0 Å². The Balaban J connectivity index is 2.44. The van der Waals surface area contributed by atoms with E-state index in [2.05, 4.69) is 31.3 Å². The topological polar surface area (TPSA) is 41.3 Å². The number of nitrogens with zero attached hydrogens (tertiary/aromatic N) is 1. The Bertz CT molecular complexity index is 170. The molecule has 1 rings (SSSR count). The van der Waals surface area contributed by atoms with E-state index in [9.17, 15) is 0 Å². The van der Waals surface area contributed by atoms with Gasteiger partial charge in [-0.1, -0.05) is 26.2 Å². The van der Waals surface area contributed by atoms with Gasteiger partial charge in [-0.15, -0.1) is 0 Å². The molecule has 0 aliphatic heterocycles. The van der Waals surface area contributed by atoms with Crippen LogP contribution in [0.4, 0.5) is 0 Å². The molecule has 0 amide bonds. The van der Waals surface area contributed by atoms with Crippen molar-refractivity contribution in [3.63, 3.8) is 0 Å². The zero-order chi connectivity index (χ0) is 11.3. The molecule has 3 N–H and O–H groups in total. The van der Waals surface area contributed by atoms with Crippen LogP contribution in [0.25, 0.3) is 0 Å². The number of hydrazine groups is 1. The maximum atomic E-state index is 5.66. The number of nitrogens with two attached hydrogens (primary N) is 1. The molecule has 0 radical (unpaired) electrons. The summed E-state index contributed by atoms with van der Waals surface area (Å²) in [4.78, 5) is 2.22. The van der Waals surface area contributed by atoms with E-state index in [0.717, 1.165) is 18.4 Å². The van der Waals surface area contributed by atoms with Gasteiger partial charge in [-0.2, -0.15) is 0 Å². The Morgan fingerprint density at radius 1 is 1.40 bits per heavy atom. The molecule has 3 nitrogen and oxygen atoms in total. The molecule has 1 saturated carbocycles. The molecular weight excluding hydrogens is 186 g/mol. The van der Waals surface area contributed by atoms with Gasteiger partial charge in [0.1, 0.15) is 0 Å². The molecule has 15 heavy (non-hydrogen) atoms. The smallest absolute Gasteiger partial charge is 0.0365 e. The van der Waals surface area contributed by atoms with Gasteiger partial charge in [-0.05, 0) is 38.8 Å². The molecule has 0 aromatic heterocycles. The van der Waals surface area contributed by atoms with Gasteiger partial charge in [0, 0.05) is 12.6 Å². The van der Waals surface area contributed by atoms with Crippen LogP contribution in [0.3, 0.4) is 0 Å². The van der Waals surface area contributed by atoms with E-state index in [-0.39, 0.29) is 0 Å². The van der Waals surface area contributed by atoms with Gasteiger partial charge < -0.3 is 4.90 Å². The molecule has 90 valence electrons. The lowest BCUT2D eigenvalue weighted by molar-refractivity contribution is 0.183. The second-order valence-corrected chi connectivity index (χ2v) is 5.24. The molecular formula is C12H27N3. The van der Waals surface area contributed by atoms with Gasteiger partial charge in [-0.25, -0.2) is 0 Å². The maximum absolute atomic E-state index is 5.66. The summed E-state index contributed by atoms with van der Waals surface area (Å²) in [5, 5.41) is 0. The number of hydrogen-bond acceptors (Lipinski definition) is 3. The summed E-state index contributed by atoms with van der Waals surface area (Å²) >= 11 is 0. The van der Waals surface area contributed by atoms with Gasteiger partial charge in [0.2, 0.25) is 0 Å². The van der Waals surface area contributed by atoms with Gasteiger partial charge in [0.25, 0.3) is 0 Å². The van der Waals surface area contributed by atoms with Gasteiger partial charge in [0.05, 0.1) is 0 Å². The zero-order valence-electron chi connectivity index (χ0n) is 10.5. The van der Waals surface area contributed by atoms with Crippen LogP contribution >= 0.6 is 0 Å². The highest BCUT2D eigenvalue weighted by atomic mass is 15.3. The third-order valence-electron chi connectivity index (χ3n) is 3.75. The standard InChI is InChI=1S/C12H27N3/c1-4-10-6-5-7-11(8-10)12(14-13)9-15(2)3/h10-12,14H,4-9,13H2,1-3H3. The van der Waals surface area contributed by atoms with Crippen LogP contribution in [0.1, 0.15) is 39.0 Å². The first-order valence-electron chi connectivity index (χ1n) is 6.28. The van der Waals surface area contributed by atoms with Crippen molar-refractivity contribution in [2.75, 3.05) is 20.6 Å². The summed E-state index contributed by atoms with van der Waals surface area (Å²) in [6, 6.07) is 0.467. The minimum Gasteiger partial charge on any atom is -0.308 e. The van der Waals surface area contributed by atoms with Crippen LogP contribution in [-0.2, 0) is 0 Å². The molecule has 0 bridgehead atoms. The van der Waals surface area contributed by atoms with Crippen LogP contribution < -0.4 is 11.3 Å². The molecule has 3 atom stereocenters. The molecule has 3 unspecified atom stereocenters. The zero-order valence-corrected chi connectivity index (χ0v) is 10.5. The minimum absolute atomic E-state index is 0.467. The molecule has 0 aromatic rings. The second kappa shape index (κ2) is 6.46. The predicted molar refractivity (Wildman–Crippen MR) is 65.4 cm³/mol. The fourth-order valence-corrected chi connectivity index (χ4v) is 2.80. The first-order valence-corrected chi connectivity index (χ1v) is 6.28. The van der Waals surface area contributed by atoms with E-state index in [1.165, 1.54) is 32.1 Å². The highest BCUT2D eigenvalue weighted by molar-refractivity contribution is 4.82. The molecule has 1 aliphatic rings. The Labute approximate surface area is 94.4 Å². The Kier molecular flexibility index (Phi) is 5.58. The van der Waals surface area contributed by atoms with Crippen LogP contribution in [0, 0.1) is 11.8 Å². The quantitative estimate of drug-likeness (QED) is 0.538. The van der Waals surface area contributed by atoms with Crippen LogP contribution in [0.15, 0.2) is 0 Å². The summed E-state index contributed by atoms with van der Waals surface area (Å²) in [5.74, 6) is 7.37. The lowest BCUT2D eigenvalue weighted by Gasteiger charge is -2.35. The lowest BCUT2D eigenvalue weighted by Crippen LogP contribution is -2.48. The van der Waals surface area contributed by atoms with Crippen molar-refractivity contribution in [2.45, 2.75) is 45.1 Å². The highest BCUT2D eigenvalue weighted by Gasteiger charge is 2.27. The molecule has 0 spiro atoms. The van der Waals surface area contributed by atoms with E-state index < -0.39 is 0 Å². The van der Waals surface area contributed by atoms with Crippen molar-refractivity contribution in [3.05, 3.63) is 0 Å². The first kappa shape index (κ1) is 12.9. The predicted octanol–water partition coefficient (Wildman–Crippen LogP) is 1.60. The molecule has 1 aliphatic carbocycles. The Morgan fingerprint density at radius 2 is 2.13 bits per heavy atom. The maximum Gasteiger partial charge on any atom is 0.0365 e. The van der Waals surface area contributed by atoms with E-state index in [1.54, 1.807) is 0 Å². The number of hydrogen-bond donors (Lipinski definition) is 2. The van der Waals surface area contributed by atoms with Gasteiger partial charge >= 0.3 is 0 Å². The van der Waals surface area contributed by atoms with Crippen LogP contribution in [0.2, 0.25) is 0 Å². The Hall–Kier alpha value is -0.120. The second-order valence-electron chi connectivity index (χ2n) is 5.24. The van der Waals surface area contributed by atoms with Crippen molar-refractivity contribution in [2.24, 2.45) is 17.7 Å². The lowest BCUT2D eigenvalue weighted by atomic mass is 9.77.